The van der Waals surface area contributed by atoms with Crippen molar-refractivity contribution in [2.45, 2.75) is 59.0 Å². The van der Waals surface area contributed by atoms with Gasteiger partial charge in [0.25, 0.3) is 0 Å². The zero-order valence-corrected chi connectivity index (χ0v) is 18.6. The van der Waals surface area contributed by atoms with E-state index in [1.54, 1.807) is 32.2 Å². The molecule has 2 aromatic rings. The number of rotatable bonds is 9. The molecule has 162 valence electrons. The van der Waals surface area contributed by atoms with Crippen LogP contribution >= 0.6 is 0 Å². The molecule has 0 spiro atoms. The van der Waals surface area contributed by atoms with Crippen LogP contribution in [-0.2, 0) is 17.6 Å². The number of ether oxygens (including phenoxy) is 1. The molecule has 2 heterocycles. The molecule has 0 saturated heterocycles. The minimum absolute atomic E-state index is 0.174. The van der Waals surface area contributed by atoms with Crippen molar-refractivity contribution in [2.75, 3.05) is 25.1 Å². The van der Waals surface area contributed by atoms with Crippen molar-refractivity contribution in [1.82, 2.24) is 15.0 Å². The molecule has 1 aliphatic rings. The first-order valence-electron chi connectivity index (χ1n) is 10.6. The van der Waals surface area contributed by atoms with E-state index in [-0.39, 0.29) is 12.4 Å². The lowest BCUT2D eigenvalue weighted by Gasteiger charge is -2.21. The molecule has 2 aromatic heterocycles. The Morgan fingerprint density at radius 3 is 2.77 bits per heavy atom. The number of carbonyl (C=O) groups excluding carboxylic acids is 1. The summed E-state index contributed by atoms with van der Waals surface area (Å²) >= 11 is 0. The van der Waals surface area contributed by atoms with Crippen molar-refractivity contribution in [3.63, 3.8) is 0 Å². The largest absolute Gasteiger partial charge is 0.490 e. The van der Waals surface area contributed by atoms with Gasteiger partial charge in [0, 0.05) is 37.0 Å². The predicted molar refractivity (Wildman–Crippen MR) is 117 cm³/mol. The first-order valence-corrected chi connectivity index (χ1v) is 10.6. The van der Waals surface area contributed by atoms with Crippen molar-refractivity contribution >= 4 is 11.6 Å². The highest BCUT2D eigenvalue weighted by Gasteiger charge is 2.24. The number of pyridine rings is 1. The average molecular weight is 413 g/mol. The summed E-state index contributed by atoms with van der Waals surface area (Å²) in [6.45, 7) is 8.01. The van der Waals surface area contributed by atoms with E-state index in [4.69, 9.17) is 14.7 Å². The van der Waals surface area contributed by atoms with Gasteiger partial charge in [-0.1, -0.05) is 13.8 Å². The van der Waals surface area contributed by atoms with Crippen LogP contribution in [0.1, 0.15) is 51.8 Å². The summed E-state index contributed by atoms with van der Waals surface area (Å²) in [5.74, 6) is 2.50. The lowest BCUT2D eigenvalue weighted by molar-refractivity contribution is -0.118. The number of Topliss-reactive ketones (excluding diaryl/α,β-unsaturated/α-hetero) is 1. The second-order valence-corrected chi connectivity index (χ2v) is 9.12. The van der Waals surface area contributed by atoms with E-state index >= 15 is 0 Å². The fraction of sp³-hybridized carbons (Fsp3) is 0.565. The van der Waals surface area contributed by atoms with E-state index in [2.05, 4.69) is 18.8 Å². The van der Waals surface area contributed by atoms with Crippen LogP contribution in [0.15, 0.2) is 18.3 Å². The van der Waals surface area contributed by atoms with Crippen LogP contribution in [0.3, 0.4) is 0 Å². The number of aromatic nitrogens is 3. The van der Waals surface area contributed by atoms with Crippen LogP contribution in [0, 0.1) is 5.92 Å². The number of anilines is 1. The number of carbonyl (C=O) groups is 1. The molecule has 0 fully saturated rings. The van der Waals surface area contributed by atoms with E-state index in [1.807, 2.05) is 11.9 Å². The topological polar surface area (TPSA) is 88.4 Å². The number of likely N-dealkylation sites (N-methyl/N-ethyl adjacent to an activating group) is 1. The molecular weight excluding hydrogens is 380 g/mol. The van der Waals surface area contributed by atoms with Gasteiger partial charge in [-0.3, -0.25) is 9.78 Å². The highest BCUT2D eigenvalue weighted by Crippen LogP contribution is 2.31. The van der Waals surface area contributed by atoms with Gasteiger partial charge in [-0.25, -0.2) is 9.97 Å². The Bertz CT molecular complexity index is 906. The first-order chi connectivity index (χ1) is 14.1. The molecular formula is C23H32N4O3. The molecule has 0 radical (unpaired) electrons. The third kappa shape index (κ3) is 5.75. The minimum atomic E-state index is -0.925. The molecule has 3 rings (SSSR count). The van der Waals surface area contributed by atoms with Gasteiger partial charge < -0.3 is 14.7 Å². The van der Waals surface area contributed by atoms with Crippen molar-refractivity contribution in [3.05, 3.63) is 29.6 Å². The number of hydrogen-bond donors (Lipinski definition) is 1. The summed E-state index contributed by atoms with van der Waals surface area (Å²) in [5, 5.41) is 9.90. The molecule has 0 amide bonds. The second kappa shape index (κ2) is 9.08. The minimum Gasteiger partial charge on any atom is -0.490 e. The molecule has 0 bridgehead atoms. The summed E-state index contributed by atoms with van der Waals surface area (Å²) in [6, 6.07) is 3.54. The highest BCUT2D eigenvalue weighted by atomic mass is 16.5. The first kappa shape index (κ1) is 22.2. The van der Waals surface area contributed by atoms with Crippen LogP contribution in [0.2, 0.25) is 0 Å². The third-order valence-corrected chi connectivity index (χ3v) is 4.87. The molecule has 0 aromatic carbocycles. The van der Waals surface area contributed by atoms with E-state index in [0.717, 1.165) is 36.3 Å². The van der Waals surface area contributed by atoms with E-state index in [1.165, 1.54) is 0 Å². The lowest BCUT2D eigenvalue weighted by atomic mass is 10.1. The van der Waals surface area contributed by atoms with E-state index < -0.39 is 5.60 Å². The molecule has 0 saturated carbocycles. The molecule has 0 aliphatic heterocycles. The molecule has 30 heavy (non-hydrogen) atoms. The lowest BCUT2D eigenvalue weighted by Crippen LogP contribution is -2.28. The summed E-state index contributed by atoms with van der Waals surface area (Å²) in [6.07, 6.45) is 5.08. The van der Waals surface area contributed by atoms with Crippen LogP contribution < -0.4 is 9.64 Å². The highest BCUT2D eigenvalue weighted by molar-refractivity contribution is 5.83. The third-order valence-electron chi connectivity index (χ3n) is 4.87. The predicted octanol–water partition coefficient (Wildman–Crippen LogP) is 3.23. The van der Waals surface area contributed by atoms with Gasteiger partial charge in [0.05, 0.1) is 12.1 Å². The zero-order chi connectivity index (χ0) is 21.9. The maximum absolute atomic E-state index is 12.4. The number of nitrogens with zero attached hydrogens (tertiary/aromatic N) is 4. The van der Waals surface area contributed by atoms with Gasteiger partial charge in [-0.15, -0.1) is 0 Å². The Balaban J connectivity index is 1.88. The normalized spacial score (nSPS) is 13.4. The quantitative estimate of drug-likeness (QED) is 0.676. The summed E-state index contributed by atoms with van der Waals surface area (Å²) in [4.78, 5) is 28.3. The zero-order valence-electron chi connectivity index (χ0n) is 18.6. The van der Waals surface area contributed by atoms with Crippen LogP contribution in [0.4, 0.5) is 5.82 Å². The Hall–Kier alpha value is -2.54. The monoisotopic (exact) mass is 412 g/mol. The van der Waals surface area contributed by atoms with Crippen molar-refractivity contribution < 1.29 is 14.6 Å². The molecule has 0 atom stereocenters. The van der Waals surface area contributed by atoms with Gasteiger partial charge >= 0.3 is 0 Å². The number of ketones is 1. The van der Waals surface area contributed by atoms with Crippen molar-refractivity contribution in [1.29, 1.82) is 0 Å². The van der Waals surface area contributed by atoms with Crippen LogP contribution in [-0.4, -0.2) is 51.6 Å². The maximum atomic E-state index is 12.4. The number of aryl methyl sites for hydroxylation is 1. The molecule has 0 unspecified atom stereocenters. The molecule has 7 nitrogen and oxygen atoms in total. The van der Waals surface area contributed by atoms with Crippen LogP contribution in [0.25, 0.3) is 11.5 Å². The molecule has 1 N–H and O–H groups in total. The van der Waals surface area contributed by atoms with Gasteiger partial charge in [0.15, 0.2) is 11.6 Å². The fourth-order valence-corrected chi connectivity index (χ4v) is 3.59. The van der Waals surface area contributed by atoms with E-state index in [9.17, 15) is 9.90 Å². The van der Waals surface area contributed by atoms with Crippen molar-refractivity contribution in [2.24, 2.45) is 5.92 Å². The smallest absolute Gasteiger partial charge is 0.180 e. The number of fused-ring (bicyclic) bond motifs is 1. The van der Waals surface area contributed by atoms with Gasteiger partial charge in [0.1, 0.15) is 23.9 Å². The SMILES string of the molecule is CC(C)CC(=O)CN(C)c1nc(-c2cc(OCC(C)(C)O)ccn2)nc2c1CCC2. The van der Waals surface area contributed by atoms with Gasteiger partial charge in [-0.05, 0) is 45.1 Å². The van der Waals surface area contributed by atoms with Crippen molar-refractivity contribution in [3.8, 4) is 17.3 Å². The molecule has 7 heteroatoms. The fourth-order valence-electron chi connectivity index (χ4n) is 3.59. The Morgan fingerprint density at radius 2 is 2.07 bits per heavy atom. The second-order valence-electron chi connectivity index (χ2n) is 9.12. The Morgan fingerprint density at radius 1 is 1.30 bits per heavy atom. The average Bonchev–Trinajstić information content (AvgIpc) is 3.13. The number of hydrogen-bond acceptors (Lipinski definition) is 7. The van der Waals surface area contributed by atoms with E-state index in [0.29, 0.717) is 36.2 Å². The summed E-state index contributed by atoms with van der Waals surface area (Å²) in [5.41, 5.74) is 1.85. The van der Waals surface area contributed by atoms with Crippen LogP contribution in [0.5, 0.6) is 5.75 Å². The summed E-state index contributed by atoms with van der Waals surface area (Å²) < 4.78 is 5.69. The number of aliphatic hydroxyl groups is 1. The van der Waals surface area contributed by atoms with Gasteiger partial charge in [-0.2, -0.15) is 0 Å². The Kier molecular flexibility index (Phi) is 6.71. The van der Waals surface area contributed by atoms with Gasteiger partial charge in [0.2, 0.25) is 0 Å². The maximum Gasteiger partial charge on any atom is 0.180 e. The standard InChI is InChI=1S/C23H32N4O3/c1-15(2)11-16(28)13-27(5)22-18-7-6-8-19(18)25-21(26-22)20-12-17(9-10-24-20)30-14-23(3,4)29/h9-10,12,15,29H,6-8,11,13-14H2,1-5H3. The Labute approximate surface area is 178 Å². The summed E-state index contributed by atoms with van der Waals surface area (Å²) in [7, 11) is 1.92. The molecule has 1 aliphatic carbocycles.